The van der Waals surface area contributed by atoms with E-state index in [9.17, 15) is 9.18 Å². The highest BCUT2D eigenvalue weighted by molar-refractivity contribution is 6.04. The molecule has 1 aliphatic carbocycles. The van der Waals surface area contributed by atoms with Crippen LogP contribution in [0.1, 0.15) is 35.9 Å². The molecule has 1 aromatic heterocycles. The van der Waals surface area contributed by atoms with E-state index in [1.165, 1.54) is 36.9 Å². The average molecular weight is 378 g/mol. The van der Waals surface area contributed by atoms with E-state index in [4.69, 9.17) is 4.42 Å². The first-order valence-corrected chi connectivity index (χ1v) is 9.62. The molecule has 0 N–H and O–H groups in total. The average Bonchev–Trinajstić information content (AvgIpc) is 3.39. The van der Waals surface area contributed by atoms with Gasteiger partial charge in [-0.2, -0.15) is 0 Å². The van der Waals surface area contributed by atoms with Crippen molar-refractivity contribution in [2.75, 3.05) is 16.3 Å². The van der Waals surface area contributed by atoms with Crippen molar-refractivity contribution >= 4 is 17.3 Å². The van der Waals surface area contributed by atoms with Crippen molar-refractivity contribution in [2.45, 2.75) is 32.4 Å². The molecule has 0 spiro atoms. The number of anilines is 2. The normalized spacial score (nSPS) is 13.4. The number of carbonyl (C=O) groups is 1. The fourth-order valence-electron chi connectivity index (χ4n) is 3.49. The van der Waals surface area contributed by atoms with E-state index in [0.717, 1.165) is 12.1 Å². The first kappa shape index (κ1) is 18.3. The van der Waals surface area contributed by atoms with Crippen LogP contribution in [-0.2, 0) is 6.54 Å². The fourth-order valence-corrected chi connectivity index (χ4v) is 3.49. The van der Waals surface area contributed by atoms with Crippen LogP contribution in [0.4, 0.5) is 15.8 Å². The van der Waals surface area contributed by atoms with E-state index in [1.54, 1.807) is 29.2 Å². The number of furan rings is 1. The number of hydrogen-bond donors (Lipinski definition) is 0. The summed E-state index contributed by atoms with van der Waals surface area (Å²) in [6.07, 6.45) is 3.94. The molecule has 3 aromatic rings. The van der Waals surface area contributed by atoms with E-state index in [-0.39, 0.29) is 17.5 Å². The Labute approximate surface area is 164 Å². The van der Waals surface area contributed by atoms with Crippen molar-refractivity contribution in [2.24, 2.45) is 0 Å². The summed E-state index contributed by atoms with van der Waals surface area (Å²) in [6, 6.07) is 18.2. The van der Waals surface area contributed by atoms with Crippen molar-refractivity contribution < 1.29 is 13.6 Å². The topological polar surface area (TPSA) is 36.7 Å². The maximum Gasteiger partial charge on any atom is 0.294 e. The molecule has 0 radical (unpaired) electrons. The van der Waals surface area contributed by atoms with Crippen molar-refractivity contribution in [3.8, 4) is 0 Å². The number of hydrogen-bond acceptors (Lipinski definition) is 3. The number of nitrogens with zero attached hydrogens (tertiary/aromatic N) is 2. The lowest BCUT2D eigenvalue weighted by Gasteiger charge is -2.25. The Hall–Kier alpha value is -3.08. The van der Waals surface area contributed by atoms with Crippen LogP contribution in [0, 0.1) is 5.82 Å². The van der Waals surface area contributed by atoms with Gasteiger partial charge in [0, 0.05) is 24.0 Å². The fraction of sp³-hybridized carbons (Fsp3) is 0.261. The van der Waals surface area contributed by atoms with Gasteiger partial charge in [-0.25, -0.2) is 4.39 Å². The summed E-state index contributed by atoms with van der Waals surface area (Å²) >= 11 is 0. The molecule has 0 bridgehead atoms. The molecule has 1 aliphatic rings. The molecule has 0 aliphatic heterocycles. The van der Waals surface area contributed by atoms with E-state index < -0.39 is 0 Å². The van der Waals surface area contributed by atoms with Gasteiger partial charge in [0.05, 0.1) is 12.8 Å². The molecule has 0 unspecified atom stereocenters. The molecule has 1 heterocycles. The highest BCUT2D eigenvalue weighted by Gasteiger charge is 2.28. The number of halogens is 1. The Morgan fingerprint density at radius 1 is 1.07 bits per heavy atom. The van der Waals surface area contributed by atoms with Gasteiger partial charge in [-0.05, 0) is 73.9 Å². The minimum absolute atomic E-state index is 0.253. The van der Waals surface area contributed by atoms with Gasteiger partial charge in [0.1, 0.15) is 5.82 Å². The summed E-state index contributed by atoms with van der Waals surface area (Å²) in [6.45, 7) is 3.50. The van der Waals surface area contributed by atoms with Gasteiger partial charge in [0.15, 0.2) is 5.76 Å². The molecule has 28 heavy (non-hydrogen) atoms. The molecular weight excluding hydrogens is 355 g/mol. The molecule has 4 rings (SSSR count). The molecule has 4 nitrogen and oxygen atoms in total. The zero-order chi connectivity index (χ0) is 19.5. The lowest BCUT2D eigenvalue weighted by molar-refractivity contribution is 0.0958. The molecule has 0 atom stereocenters. The zero-order valence-corrected chi connectivity index (χ0v) is 15.8. The van der Waals surface area contributed by atoms with Crippen molar-refractivity contribution in [3.05, 3.63) is 84.1 Å². The number of benzene rings is 2. The van der Waals surface area contributed by atoms with Crippen LogP contribution < -0.4 is 9.80 Å². The van der Waals surface area contributed by atoms with Gasteiger partial charge in [-0.15, -0.1) is 0 Å². The quantitative estimate of drug-likeness (QED) is 0.563. The summed E-state index contributed by atoms with van der Waals surface area (Å²) in [7, 11) is 0. The molecule has 0 saturated heterocycles. The number of amides is 1. The Kier molecular flexibility index (Phi) is 5.15. The van der Waals surface area contributed by atoms with Crippen molar-refractivity contribution in [1.82, 2.24) is 0 Å². The summed E-state index contributed by atoms with van der Waals surface area (Å²) in [5.41, 5.74) is 2.82. The van der Waals surface area contributed by atoms with E-state index in [0.29, 0.717) is 18.3 Å². The predicted molar refractivity (Wildman–Crippen MR) is 108 cm³/mol. The first-order chi connectivity index (χ1) is 13.7. The van der Waals surface area contributed by atoms with Gasteiger partial charge in [-0.1, -0.05) is 12.1 Å². The van der Waals surface area contributed by atoms with Gasteiger partial charge >= 0.3 is 0 Å². The highest BCUT2D eigenvalue weighted by atomic mass is 19.1. The van der Waals surface area contributed by atoms with Gasteiger partial charge < -0.3 is 14.2 Å². The van der Waals surface area contributed by atoms with Crippen LogP contribution in [0.25, 0.3) is 0 Å². The van der Waals surface area contributed by atoms with Crippen LogP contribution in [0.3, 0.4) is 0 Å². The molecular formula is C23H23FN2O2. The summed E-state index contributed by atoms with van der Waals surface area (Å²) < 4.78 is 18.7. The smallest absolute Gasteiger partial charge is 0.294 e. The number of rotatable bonds is 7. The molecule has 1 fully saturated rings. The first-order valence-electron chi connectivity index (χ1n) is 9.62. The molecule has 1 saturated carbocycles. The lowest BCUT2D eigenvalue weighted by Crippen LogP contribution is -2.30. The third kappa shape index (κ3) is 3.93. The van der Waals surface area contributed by atoms with Crippen molar-refractivity contribution in [3.63, 3.8) is 0 Å². The van der Waals surface area contributed by atoms with Crippen LogP contribution >= 0.6 is 0 Å². The van der Waals surface area contributed by atoms with Crippen LogP contribution in [0.5, 0.6) is 0 Å². The van der Waals surface area contributed by atoms with Crippen LogP contribution in [0.2, 0.25) is 0 Å². The van der Waals surface area contributed by atoms with Crippen LogP contribution in [-0.4, -0.2) is 18.5 Å². The summed E-state index contributed by atoms with van der Waals surface area (Å²) in [5, 5.41) is 0. The second-order valence-corrected chi connectivity index (χ2v) is 7.03. The number of carbonyl (C=O) groups excluding carboxylic acids is 1. The van der Waals surface area contributed by atoms with Crippen LogP contribution in [0.15, 0.2) is 71.3 Å². The van der Waals surface area contributed by atoms with E-state index in [2.05, 4.69) is 24.0 Å². The Bertz CT molecular complexity index is 934. The van der Waals surface area contributed by atoms with Gasteiger partial charge in [-0.3, -0.25) is 4.79 Å². The second kappa shape index (κ2) is 7.89. The second-order valence-electron chi connectivity index (χ2n) is 7.03. The third-order valence-electron chi connectivity index (χ3n) is 5.03. The minimum Gasteiger partial charge on any atom is -0.459 e. The molecule has 2 aromatic carbocycles. The van der Waals surface area contributed by atoms with E-state index >= 15 is 0 Å². The summed E-state index contributed by atoms with van der Waals surface area (Å²) in [4.78, 5) is 17.0. The maximum atomic E-state index is 13.4. The van der Waals surface area contributed by atoms with Gasteiger partial charge in [0.2, 0.25) is 0 Å². The van der Waals surface area contributed by atoms with Crippen molar-refractivity contribution in [1.29, 1.82) is 0 Å². The molecule has 5 heteroatoms. The predicted octanol–water partition coefficient (Wildman–Crippen LogP) is 5.25. The lowest BCUT2D eigenvalue weighted by atomic mass is 10.1. The van der Waals surface area contributed by atoms with Gasteiger partial charge in [0.25, 0.3) is 5.91 Å². The largest absolute Gasteiger partial charge is 0.459 e. The zero-order valence-electron chi connectivity index (χ0n) is 15.8. The molecule has 144 valence electrons. The Morgan fingerprint density at radius 3 is 2.50 bits per heavy atom. The Morgan fingerprint density at radius 2 is 1.86 bits per heavy atom. The maximum absolute atomic E-state index is 13.4. The molecule has 1 amide bonds. The van der Waals surface area contributed by atoms with E-state index in [1.807, 2.05) is 12.1 Å². The highest BCUT2D eigenvalue weighted by Crippen LogP contribution is 2.32. The SMILES string of the molecule is CCN(c1cccc(CN(C(=O)c2ccco2)c2ccc(F)cc2)c1)C1CC1. The minimum atomic E-state index is -0.334. The monoisotopic (exact) mass is 378 g/mol. The standard InChI is InChI=1S/C23H23FN2O2/c1-2-25(19-12-13-19)21-6-3-5-17(15-21)16-26(20-10-8-18(24)9-11-20)23(27)22-7-4-14-28-22/h3-11,14-15,19H,2,12-13,16H2,1H3. The Balaban J connectivity index is 1.64. The summed E-state index contributed by atoms with van der Waals surface area (Å²) in [5.74, 6) is -0.329. The third-order valence-corrected chi connectivity index (χ3v) is 5.03.